The molecule has 3 aromatic rings. The van der Waals surface area contributed by atoms with E-state index >= 15 is 0 Å². The molecule has 2 amide bonds. The van der Waals surface area contributed by atoms with Gasteiger partial charge >= 0.3 is 0 Å². The van der Waals surface area contributed by atoms with E-state index in [1.165, 1.54) is 11.3 Å². The molecule has 29 heavy (non-hydrogen) atoms. The van der Waals surface area contributed by atoms with Crippen molar-refractivity contribution in [1.82, 2.24) is 10.9 Å². The van der Waals surface area contributed by atoms with Crippen LogP contribution in [0.3, 0.4) is 0 Å². The van der Waals surface area contributed by atoms with Crippen molar-refractivity contribution in [2.75, 3.05) is 6.61 Å². The minimum atomic E-state index is -0.456. The number of hydrogen-bond donors (Lipinski definition) is 2. The molecule has 0 atom stereocenters. The Morgan fingerprint density at radius 3 is 2.48 bits per heavy atom. The quantitative estimate of drug-likeness (QED) is 0.361. The molecule has 0 spiro atoms. The summed E-state index contributed by atoms with van der Waals surface area (Å²) in [6.45, 7) is 2.70. The first-order chi connectivity index (χ1) is 14.1. The van der Waals surface area contributed by atoms with E-state index in [0.717, 1.165) is 35.8 Å². The van der Waals surface area contributed by atoms with E-state index in [-0.39, 0.29) is 0 Å². The number of carbonyl (C=O) groups is 2. The van der Waals surface area contributed by atoms with Crippen LogP contribution in [0.15, 0.2) is 48.5 Å². The van der Waals surface area contributed by atoms with Crippen molar-refractivity contribution in [3.05, 3.63) is 64.0 Å². The first kappa shape index (κ1) is 21.1. The van der Waals surface area contributed by atoms with Crippen molar-refractivity contribution < 1.29 is 14.3 Å². The Bertz CT molecular complexity index is 1000. The second kappa shape index (κ2) is 10.3. The summed E-state index contributed by atoms with van der Waals surface area (Å²) >= 11 is 7.60. The van der Waals surface area contributed by atoms with Crippen molar-refractivity contribution in [3.63, 3.8) is 0 Å². The van der Waals surface area contributed by atoms with Gasteiger partial charge in [-0.2, -0.15) is 0 Å². The fourth-order valence-electron chi connectivity index (χ4n) is 2.89. The molecule has 1 aromatic heterocycles. The third kappa shape index (κ3) is 5.28. The molecule has 0 unspecified atom stereocenters. The van der Waals surface area contributed by atoms with E-state index in [4.69, 9.17) is 16.3 Å². The first-order valence-electron chi connectivity index (χ1n) is 9.61. The van der Waals surface area contributed by atoms with Crippen LogP contribution in [-0.4, -0.2) is 18.4 Å². The molecule has 0 bridgehead atoms. The summed E-state index contributed by atoms with van der Waals surface area (Å²) in [6.07, 6.45) is 4.35. The van der Waals surface area contributed by atoms with Gasteiger partial charge in [-0.1, -0.05) is 68.1 Å². The van der Waals surface area contributed by atoms with Gasteiger partial charge in [0.05, 0.1) is 17.2 Å². The maximum atomic E-state index is 12.6. The summed E-state index contributed by atoms with van der Waals surface area (Å²) in [5.41, 5.74) is 5.26. The van der Waals surface area contributed by atoms with E-state index in [1.54, 1.807) is 18.2 Å². The van der Waals surface area contributed by atoms with Gasteiger partial charge in [-0.05, 0) is 24.6 Å². The van der Waals surface area contributed by atoms with E-state index in [0.29, 0.717) is 27.8 Å². The molecule has 0 radical (unpaired) electrons. The summed E-state index contributed by atoms with van der Waals surface area (Å²) in [4.78, 5) is 25.4. The Morgan fingerprint density at radius 2 is 1.69 bits per heavy atom. The average molecular weight is 431 g/mol. The van der Waals surface area contributed by atoms with Gasteiger partial charge in [-0.25, -0.2) is 0 Å². The normalized spacial score (nSPS) is 10.7. The van der Waals surface area contributed by atoms with Gasteiger partial charge in [0.1, 0.15) is 10.6 Å². The number of rotatable bonds is 8. The number of benzene rings is 2. The van der Waals surface area contributed by atoms with Gasteiger partial charge in [0, 0.05) is 10.1 Å². The number of para-hydroxylation sites is 1. The van der Waals surface area contributed by atoms with Crippen molar-refractivity contribution in [2.24, 2.45) is 0 Å². The van der Waals surface area contributed by atoms with Crippen LogP contribution in [0, 0.1) is 0 Å². The smallest absolute Gasteiger partial charge is 0.281 e. The Balaban J connectivity index is 1.61. The molecule has 152 valence electrons. The van der Waals surface area contributed by atoms with Crippen LogP contribution in [0.1, 0.15) is 52.6 Å². The zero-order valence-corrected chi connectivity index (χ0v) is 17.7. The molecule has 3 rings (SSSR count). The number of hydrazine groups is 1. The van der Waals surface area contributed by atoms with Gasteiger partial charge < -0.3 is 4.74 Å². The highest BCUT2D eigenvalue weighted by Crippen LogP contribution is 2.34. The number of hydrogen-bond acceptors (Lipinski definition) is 4. The van der Waals surface area contributed by atoms with Crippen LogP contribution in [0.25, 0.3) is 10.1 Å². The van der Waals surface area contributed by atoms with Crippen LogP contribution in [0.5, 0.6) is 5.75 Å². The van der Waals surface area contributed by atoms with E-state index < -0.39 is 11.8 Å². The van der Waals surface area contributed by atoms with E-state index in [2.05, 4.69) is 17.8 Å². The molecular formula is C22H23ClN2O3S. The lowest BCUT2D eigenvalue weighted by atomic mass is 10.2. The third-order valence-electron chi connectivity index (χ3n) is 4.42. The number of amides is 2. The lowest BCUT2D eigenvalue weighted by Crippen LogP contribution is -2.41. The Hall–Kier alpha value is -2.57. The molecule has 0 aliphatic carbocycles. The van der Waals surface area contributed by atoms with Crippen molar-refractivity contribution >= 4 is 44.8 Å². The van der Waals surface area contributed by atoms with Crippen LogP contribution in [0.2, 0.25) is 5.02 Å². The van der Waals surface area contributed by atoms with Crippen LogP contribution < -0.4 is 15.6 Å². The maximum absolute atomic E-state index is 12.6. The highest BCUT2D eigenvalue weighted by Gasteiger charge is 2.18. The Labute approximate surface area is 179 Å². The third-order valence-corrected chi connectivity index (χ3v) is 6.09. The predicted octanol–water partition coefficient (Wildman–Crippen LogP) is 5.59. The second-order valence-corrected chi connectivity index (χ2v) is 7.99. The molecule has 5 nitrogen and oxygen atoms in total. The predicted molar refractivity (Wildman–Crippen MR) is 118 cm³/mol. The summed E-state index contributed by atoms with van der Waals surface area (Å²) < 4.78 is 6.68. The average Bonchev–Trinajstić information content (AvgIpc) is 3.09. The number of nitrogens with one attached hydrogen (secondary N) is 2. The Kier molecular flexibility index (Phi) is 7.49. The van der Waals surface area contributed by atoms with Gasteiger partial charge in [-0.15, -0.1) is 11.3 Å². The zero-order valence-electron chi connectivity index (χ0n) is 16.2. The van der Waals surface area contributed by atoms with Gasteiger partial charge in [0.25, 0.3) is 11.8 Å². The molecule has 2 N–H and O–H groups in total. The number of carbonyl (C=O) groups excluding carboxylic acids is 2. The molecule has 0 aliphatic rings. The van der Waals surface area contributed by atoms with Crippen molar-refractivity contribution in [2.45, 2.75) is 32.6 Å². The summed E-state index contributed by atoms with van der Waals surface area (Å²) in [5.74, 6) is -0.405. The molecule has 2 aromatic carbocycles. The lowest BCUT2D eigenvalue weighted by molar-refractivity contribution is 0.0846. The molecule has 0 aliphatic heterocycles. The summed E-state index contributed by atoms with van der Waals surface area (Å²) in [5, 5.41) is 1.20. The summed E-state index contributed by atoms with van der Waals surface area (Å²) in [6, 6.07) is 14.5. The number of fused-ring (bicyclic) bond motifs is 1. The highest BCUT2D eigenvalue weighted by atomic mass is 35.5. The molecule has 0 fully saturated rings. The SMILES string of the molecule is CCCCCCOc1ccccc1C(=O)NNC(=O)c1sc2ccccc2c1Cl. The van der Waals surface area contributed by atoms with Gasteiger partial charge in [-0.3, -0.25) is 20.4 Å². The largest absolute Gasteiger partial charge is 0.493 e. The van der Waals surface area contributed by atoms with Crippen molar-refractivity contribution in [3.8, 4) is 5.75 Å². The maximum Gasteiger partial charge on any atom is 0.281 e. The first-order valence-corrected chi connectivity index (χ1v) is 10.8. The fourth-order valence-corrected chi connectivity index (χ4v) is 4.30. The topological polar surface area (TPSA) is 67.4 Å². The molecular weight excluding hydrogens is 408 g/mol. The second-order valence-electron chi connectivity index (χ2n) is 6.55. The molecule has 0 saturated carbocycles. The van der Waals surface area contributed by atoms with E-state index in [1.807, 2.05) is 30.3 Å². The molecule has 7 heteroatoms. The van der Waals surface area contributed by atoms with Crippen LogP contribution >= 0.6 is 22.9 Å². The number of ether oxygens (including phenoxy) is 1. The van der Waals surface area contributed by atoms with E-state index in [9.17, 15) is 9.59 Å². The molecule has 1 heterocycles. The molecule has 0 saturated heterocycles. The summed E-state index contributed by atoms with van der Waals surface area (Å²) in [7, 11) is 0. The van der Waals surface area contributed by atoms with Gasteiger partial charge in [0.2, 0.25) is 0 Å². The standard InChI is InChI=1S/C22H23ClN2O3S/c1-2-3-4-9-14-28-17-12-7-5-10-15(17)21(26)24-25-22(27)20-19(23)16-11-6-8-13-18(16)29-20/h5-8,10-13H,2-4,9,14H2,1H3,(H,24,26)(H,25,27). The Morgan fingerprint density at radius 1 is 0.966 bits per heavy atom. The minimum absolute atomic E-state index is 0.355. The number of thiophene rings is 1. The van der Waals surface area contributed by atoms with Crippen molar-refractivity contribution in [1.29, 1.82) is 0 Å². The highest BCUT2D eigenvalue weighted by molar-refractivity contribution is 7.21. The fraction of sp³-hybridized carbons (Fsp3) is 0.273. The minimum Gasteiger partial charge on any atom is -0.493 e. The van der Waals surface area contributed by atoms with Crippen LogP contribution in [0.4, 0.5) is 0 Å². The zero-order chi connectivity index (χ0) is 20.6. The van der Waals surface area contributed by atoms with Gasteiger partial charge in [0.15, 0.2) is 0 Å². The monoisotopic (exact) mass is 430 g/mol. The number of unbranched alkanes of at least 4 members (excludes halogenated alkanes) is 3. The lowest BCUT2D eigenvalue weighted by Gasteiger charge is -2.12. The number of halogens is 1. The van der Waals surface area contributed by atoms with Crippen LogP contribution in [-0.2, 0) is 0 Å².